The van der Waals surface area contributed by atoms with E-state index >= 15 is 0 Å². The van der Waals surface area contributed by atoms with Crippen LogP contribution in [0, 0.1) is 0 Å². The largest absolute Gasteiger partial charge is 1.00 e. The molecule has 0 N–H and O–H groups in total. The van der Waals surface area contributed by atoms with Crippen LogP contribution in [0.25, 0.3) is 0 Å². The van der Waals surface area contributed by atoms with E-state index in [0.29, 0.717) is 15.8 Å². The molecular weight excluding hydrogens is 636 g/mol. The zero-order chi connectivity index (χ0) is 25.8. The maximum absolute atomic E-state index is 1.61. The first-order valence-electron chi connectivity index (χ1n) is 18.4. The minimum Gasteiger partial charge on any atom is -1.00 e. The zero-order valence-electron chi connectivity index (χ0n) is 26.3. The molecule has 0 nitrogen and oxygen atoms in total. The first-order chi connectivity index (χ1) is 18.9. The normalized spacial score (nSPS) is 27.4. The molecule has 0 atom stereocenters. The summed E-state index contributed by atoms with van der Waals surface area (Å²) in [5.74, 6) is 0. The molecule has 0 amide bonds. The van der Waals surface area contributed by atoms with Gasteiger partial charge in [-0.05, 0) is 111 Å². The Morgan fingerprint density at radius 1 is 0.225 bits per heavy atom. The van der Waals surface area contributed by atoms with Crippen molar-refractivity contribution in [3.63, 3.8) is 0 Å². The molecule has 0 heterocycles. The summed E-state index contributed by atoms with van der Waals surface area (Å²) in [6.45, 7) is 0. The van der Waals surface area contributed by atoms with Gasteiger partial charge in [0.05, 0.1) is 0 Å². The van der Waals surface area contributed by atoms with Crippen LogP contribution in [-0.2, 0) is 20.4 Å². The summed E-state index contributed by atoms with van der Waals surface area (Å²) >= 11 is 0. The molecule has 0 saturated heterocycles. The summed E-state index contributed by atoms with van der Waals surface area (Å²) in [4.78, 5) is 0. The van der Waals surface area contributed by atoms with Crippen molar-refractivity contribution < 1.29 is 32.8 Å². The van der Waals surface area contributed by atoms with E-state index in [1.807, 2.05) is 0 Å². The molecule has 0 radical (unpaired) electrons. The van der Waals surface area contributed by atoms with Gasteiger partial charge in [0.1, 0.15) is 0 Å². The summed E-state index contributed by atoms with van der Waals surface area (Å²) in [5, 5.41) is 0. The number of halogens is 1. The molecule has 0 bridgehead atoms. The topological polar surface area (TPSA) is 0 Å². The van der Waals surface area contributed by atoms with E-state index in [9.17, 15) is 0 Å². The van der Waals surface area contributed by atoms with Crippen LogP contribution >= 0.6 is 15.8 Å². The monoisotopic (exact) mass is 701 g/mol. The molecule has 6 saturated carbocycles. The fourth-order valence-corrected chi connectivity index (χ4v) is 19.4. The third-order valence-corrected chi connectivity index (χ3v) is 20.1. The molecule has 0 aliphatic heterocycles. The van der Waals surface area contributed by atoms with E-state index in [-0.39, 0.29) is 32.8 Å². The molecule has 0 aromatic rings. The molecule has 0 aromatic carbocycles. The van der Waals surface area contributed by atoms with Crippen LogP contribution < -0.4 is 12.4 Å². The van der Waals surface area contributed by atoms with Crippen LogP contribution in [0.4, 0.5) is 0 Å². The summed E-state index contributed by atoms with van der Waals surface area (Å²) in [5.41, 5.74) is 7.14. The van der Waals surface area contributed by atoms with Gasteiger partial charge in [0, 0.05) is 20.4 Å². The van der Waals surface area contributed by atoms with Crippen LogP contribution in [-0.4, -0.2) is 34.0 Å². The molecular formula is C36H66ClP2Pd-. The number of hydrogen-bond acceptors (Lipinski definition) is 0. The van der Waals surface area contributed by atoms with Gasteiger partial charge in [-0.3, -0.25) is 0 Å². The van der Waals surface area contributed by atoms with Crippen molar-refractivity contribution in [2.45, 2.75) is 227 Å². The van der Waals surface area contributed by atoms with Gasteiger partial charge in [-0.25, -0.2) is 0 Å². The Morgan fingerprint density at radius 3 is 0.475 bits per heavy atom. The van der Waals surface area contributed by atoms with Gasteiger partial charge >= 0.3 is 0 Å². The standard InChI is InChI=1S/2C18H33P.ClH.Pd/c2*1-4-10-16(11-5-1)19(17-12-6-2-7-13-17)18-14-8-3-9-15-18;;/h2*16-18H,1-15H2;1H;/p-1. The van der Waals surface area contributed by atoms with E-state index in [0.717, 1.165) is 0 Å². The van der Waals surface area contributed by atoms with E-state index in [1.165, 1.54) is 72.5 Å². The van der Waals surface area contributed by atoms with Gasteiger partial charge in [-0.1, -0.05) is 131 Å². The smallest absolute Gasteiger partial charge is 0 e. The van der Waals surface area contributed by atoms with Crippen LogP contribution in [0.5, 0.6) is 0 Å². The molecule has 6 rings (SSSR count). The minimum atomic E-state index is 0. The van der Waals surface area contributed by atoms with Gasteiger partial charge in [-0.15, -0.1) is 0 Å². The van der Waals surface area contributed by atoms with Crippen LogP contribution in [0.2, 0.25) is 0 Å². The van der Waals surface area contributed by atoms with Crippen molar-refractivity contribution >= 4 is 15.8 Å². The Kier molecular flexibility index (Phi) is 18.8. The average Bonchev–Trinajstić information content (AvgIpc) is 3.01. The Balaban J connectivity index is 0.000000210. The summed E-state index contributed by atoms with van der Waals surface area (Å²) in [6.07, 6.45) is 47.2. The Labute approximate surface area is 273 Å². The fourth-order valence-electron chi connectivity index (χ4n) is 10.1. The van der Waals surface area contributed by atoms with E-state index in [2.05, 4.69) is 0 Å². The van der Waals surface area contributed by atoms with Crippen LogP contribution in [0.1, 0.15) is 193 Å². The summed E-state index contributed by atoms with van der Waals surface area (Å²) in [6, 6.07) is 0. The third kappa shape index (κ3) is 11.0. The molecule has 0 aromatic heterocycles. The second-order valence-corrected chi connectivity index (χ2v) is 20.8. The van der Waals surface area contributed by atoms with Crippen molar-refractivity contribution in [2.75, 3.05) is 0 Å². The SMILES string of the molecule is C1CCC(P(C2CCCCC2)C2CCCCC2)CC1.C1CCC(P(C2CCCCC2)C2CCCCC2)CC1.[Cl-].[Pd]. The van der Waals surface area contributed by atoms with Crippen molar-refractivity contribution in [1.29, 1.82) is 0 Å². The Bertz CT molecular complexity index is 471. The maximum atomic E-state index is 1.61. The van der Waals surface area contributed by atoms with Crippen molar-refractivity contribution in [1.82, 2.24) is 0 Å². The maximum Gasteiger partial charge on any atom is 0 e. The summed E-state index contributed by atoms with van der Waals surface area (Å²) < 4.78 is 0. The molecule has 6 aliphatic carbocycles. The molecule has 238 valence electrons. The van der Waals surface area contributed by atoms with Crippen LogP contribution in [0.3, 0.4) is 0 Å². The predicted octanol–water partition coefficient (Wildman–Crippen LogP) is 9.93. The zero-order valence-corrected chi connectivity index (χ0v) is 30.4. The van der Waals surface area contributed by atoms with Gasteiger partial charge in [-0.2, -0.15) is 0 Å². The van der Waals surface area contributed by atoms with Crippen LogP contribution in [0.15, 0.2) is 0 Å². The van der Waals surface area contributed by atoms with Gasteiger partial charge in [0.2, 0.25) is 0 Å². The van der Waals surface area contributed by atoms with Crippen molar-refractivity contribution in [2.24, 2.45) is 0 Å². The quantitative estimate of drug-likeness (QED) is 0.191. The van der Waals surface area contributed by atoms with Gasteiger partial charge < -0.3 is 12.4 Å². The molecule has 4 heteroatoms. The third-order valence-electron chi connectivity index (χ3n) is 12.0. The summed E-state index contributed by atoms with van der Waals surface area (Å²) in [7, 11) is 0.770. The molecule has 6 fully saturated rings. The number of hydrogen-bond donors (Lipinski definition) is 0. The van der Waals surface area contributed by atoms with Gasteiger partial charge in [0.15, 0.2) is 0 Å². The van der Waals surface area contributed by atoms with Crippen molar-refractivity contribution in [3.05, 3.63) is 0 Å². The Hall–Kier alpha value is 1.81. The van der Waals surface area contributed by atoms with E-state index in [1.54, 1.807) is 154 Å². The average molecular weight is 703 g/mol. The van der Waals surface area contributed by atoms with Crippen molar-refractivity contribution in [3.8, 4) is 0 Å². The molecule has 6 aliphatic rings. The van der Waals surface area contributed by atoms with E-state index in [4.69, 9.17) is 0 Å². The van der Waals surface area contributed by atoms with E-state index < -0.39 is 0 Å². The minimum absolute atomic E-state index is 0. The fraction of sp³-hybridized carbons (Fsp3) is 1.00. The predicted molar refractivity (Wildman–Crippen MR) is 175 cm³/mol. The molecule has 40 heavy (non-hydrogen) atoms. The van der Waals surface area contributed by atoms with Gasteiger partial charge in [0.25, 0.3) is 0 Å². The first-order valence-corrected chi connectivity index (χ1v) is 21.5. The Morgan fingerprint density at radius 2 is 0.350 bits per heavy atom. The number of rotatable bonds is 6. The first kappa shape index (κ1) is 36.3. The molecule has 0 unspecified atom stereocenters. The second-order valence-electron chi connectivity index (χ2n) is 14.6. The molecule has 0 spiro atoms. The second kappa shape index (κ2) is 20.8.